The molecule has 0 bridgehead atoms. The van der Waals surface area contributed by atoms with Gasteiger partial charge in [-0.1, -0.05) is 0 Å². The minimum Gasteiger partial charge on any atom is -0.394 e. The number of nitrogens with two attached hydrogens (primary N) is 1. The number of carbonyl (C=O) groups excluding carboxylic acids is 1. The van der Waals surface area contributed by atoms with Crippen LogP contribution < -0.4 is 11.1 Å². The zero-order valence-electron chi connectivity index (χ0n) is 5.71. The third-order valence-electron chi connectivity index (χ3n) is 1.72. The van der Waals surface area contributed by atoms with Crippen LogP contribution in [-0.4, -0.2) is 23.8 Å². The van der Waals surface area contributed by atoms with Gasteiger partial charge in [0.15, 0.2) is 0 Å². The predicted molar refractivity (Wildman–Crippen MR) is 36.3 cm³/mol. The van der Waals surface area contributed by atoms with Crippen molar-refractivity contribution < 1.29 is 9.90 Å². The number of urea groups is 1. The maximum Gasteiger partial charge on any atom is 0.312 e. The molecule has 58 valence electrons. The molecule has 1 unspecified atom stereocenters. The molecule has 10 heavy (non-hydrogen) atoms. The Morgan fingerprint density at radius 3 is 2.70 bits per heavy atom. The Morgan fingerprint density at radius 2 is 2.40 bits per heavy atom. The molecule has 0 radical (unpaired) electrons. The second-order valence-corrected chi connectivity index (χ2v) is 2.64. The summed E-state index contributed by atoms with van der Waals surface area (Å²) >= 11 is 0. The summed E-state index contributed by atoms with van der Waals surface area (Å²) in [5.41, 5.74) is 4.87. The van der Waals surface area contributed by atoms with Gasteiger partial charge in [-0.25, -0.2) is 4.79 Å². The Bertz CT molecular complexity index is 134. The Hall–Kier alpha value is -0.770. The molecule has 1 aliphatic rings. The Kier molecular flexibility index (Phi) is 2.11. The molecule has 2 amide bonds. The second-order valence-electron chi connectivity index (χ2n) is 2.64. The number of hydrogen-bond donors (Lipinski definition) is 3. The van der Waals surface area contributed by atoms with Gasteiger partial charge in [-0.3, -0.25) is 0 Å². The van der Waals surface area contributed by atoms with Gasteiger partial charge in [0, 0.05) is 0 Å². The second kappa shape index (κ2) is 2.88. The van der Waals surface area contributed by atoms with Crippen LogP contribution in [0.25, 0.3) is 0 Å². The lowest BCUT2D eigenvalue weighted by molar-refractivity contribution is 0.214. The molecule has 4 nitrogen and oxygen atoms in total. The van der Waals surface area contributed by atoms with E-state index in [-0.39, 0.29) is 12.6 Å². The summed E-state index contributed by atoms with van der Waals surface area (Å²) in [4.78, 5) is 10.3. The van der Waals surface area contributed by atoms with Gasteiger partial charge in [0.25, 0.3) is 0 Å². The third kappa shape index (κ3) is 1.88. The van der Waals surface area contributed by atoms with Crippen LogP contribution in [0.1, 0.15) is 12.8 Å². The van der Waals surface area contributed by atoms with Crippen molar-refractivity contribution in [1.82, 2.24) is 5.32 Å². The van der Waals surface area contributed by atoms with E-state index in [9.17, 15) is 4.79 Å². The van der Waals surface area contributed by atoms with Crippen molar-refractivity contribution in [2.75, 3.05) is 6.61 Å². The number of primary amides is 1. The fraction of sp³-hybridized carbons (Fsp3) is 0.833. The van der Waals surface area contributed by atoms with Gasteiger partial charge in [0.1, 0.15) is 0 Å². The van der Waals surface area contributed by atoms with Crippen LogP contribution in [0.5, 0.6) is 0 Å². The van der Waals surface area contributed by atoms with Crippen molar-refractivity contribution >= 4 is 6.03 Å². The zero-order chi connectivity index (χ0) is 7.56. The molecular weight excluding hydrogens is 132 g/mol. The van der Waals surface area contributed by atoms with Crippen LogP contribution in [0.2, 0.25) is 0 Å². The van der Waals surface area contributed by atoms with Gasteiger partial charge in [0.05, 0.1) is 12.6 Å². The molecule has 0 saturated heterocycles. The number of hydrogen-bond acceptors (Lipinski definition) is 2. The molecular formula is C6H12N2O2. The summed E-state index contributed by atoms with van der Waals surface area (Å²) in [6.07, 6.45) is 2.18. The maximum atomic E-state index is 10.3. The Morgan fingerprint density at radius 1 is 1.80 bits per heavy atom. The van der Waals surface area contributed by atoms with E-state index >= 15 is 0 Å². The first-order valence-corrected chi connectivity index (χ1v) is 3.41. The molecule has 0 heterocycles. The quantitative estimate of drug-likeness (QED) is 0.496. The molecule has 0 aromatic heterocycles. The van der Waals surface area contributed by atoms with Gasteiger partial charge in [-0.2, -0.15) is 0 Å². The van der Waals surface area contributed by atoms with E-state index < -0.39 is 6.03 Å². The summed E-state index contributed by atoms with van der Waals surface area (Å²) < 4.78 is 0. The van der Waals surface area contributed by atoms with Gasteiger partial charge < -0.3 is 16.2 Å². The molecule has 1 rings (SSSR count). The average molecular weight is 144 g/mol. The molecule has 1 aliphatic carbocycles. The zero-order valence-corrected chi connectivity index (χ0v) is 5.71. The lowest BCUT2D eigenvalue weighted by Crippen LogP contribution is -2.42. The molecule has 0 aromatic carbocycles. The first kappa shape index (κ1) is 7.34. The van der Waals surface area contributed by atoms with Gasteiger partial charge in [-0.05, 0) is 18.8 Å². The van der Waals surface area contributed by atoms with E-state index in [0.29, 0.717) is 5.92 Å². The highest BCUT2D eigenvalue weighted by Gasteiger charge is 2.31. The molecule has 4 N–H and O–H groups in total. The monoisotopic (exact) mass is 144 g/mol. The number of amides is 2. The number of rotatable bonds is 3. The normalized spacial score (nSPS) is 20.1. The van der Waals surface area contributed by atoms with Gasteiger partial charge >= 0.3 is 6.03 Å². The molecule has 0 aromatic rings. The molecule has 1 saturated carbocycles. The van der Waals surface area contributed by atoms with E-state index in [1.54, 1.807) is 0 Å². The Labute approximate surface area is 59.4 Å². The highest BCUT2D eigenvalue weighted by atomic mass is 16.3. The highest BCUT2D eigenvalue weighted by molar-refractivity contribution is 5.72. The summed E-state index contributed by atoms with van der Waals surface area (Å²) in [7, 11) is 0. The van der Waals surface area contributed by atoms with Crippen LogP contribution in [0, 0.1) is 5.92 Å². The fourth-order valence-electron chi connectivity index (χ4n) is 0.994. The van der Waals surface area contributed by atoms with Crippen LogP contribution in [0.4, 0.5) is 4.79 Å². The van der Waals surface area contributed by atoms with Crippen LogP contribution in [0.3, 0.4) is 0 Å². The van der Waals surface area contributed by atoms with E-state index in [1.807, 2.05) is 0 Å². The van der Waals surface area contributed by atoms with E-state index in [0.717, 1.165) is 12.8 Å². The fourth-order valence-corrected chi connectivity index (χ4v) is 0.994. The van der Waals surface area contributed by atoms with E-state index in [1.165, 1.54) is 0 Å². The predicted octanol–water partition coefficient (Wildman–Crippen LogP) is -0.574. The topological polar surface area (TPSA) is 75.4 Å². The van der Waals surface area contributed by atoms with Crippen molar-refractivity contribution in [3.8, 4) is 0 Å². The van der Waals surface area contributed by atoms with Crippen molar-refractivity contribution in [1.29, 1.82) is 0 Å². The molecule has 1 atom stereocenters. The lowest BCUT2D eigenvalue weighted by Gasteiger charge is -2.12. The summed E-state index contributed by atoms with van der Waals surface area (Å²) in [6.45, 7) is -0.00634. The minimum atomic E-state index is -0.550. The first-order valence-electron chi connectivity index (χ1n) is 3.41. The number of aliphatic hydroxyl groups excluding tert-OH is 1. The standard InChI is InChI=1S/C6H12N2O2/c7-6(10)8-5(3-9)4-1-2-4/h4-5,9H,1-3H2,(H3,7,8,10). The smallest absolute Gasteiger partial charge is 0.312 e. The van der Waals surface area contributed by atoms with Crippen molar-refractivity contribution in [2.24, 2.45) is 11.7 Å². The van der Waals surface area contributed by atoms with Gasteiger partial charge in [0.2, 0.25) is 0 Å². The maximum absolute atomic E-state index is 10.3. The molecule has 0 aliphatic heterocycles. The minimum absolute atomic E-state index is 0.00634. The Balaban J connectivity index is 2.25. The lowest BCUT2D eigenvalue weighted by atomic mass is 10.2. The number of nitrogens with one attached hydrogen (secondary N) is 1. The summed E-state index contributed by atoms with van der Waals surface area (Å²) in [5.74, 6) is 0.456. The van der Waals surface area contributed by atoms with Gasteiger partial charge in [-0.15, -0.1) is 0 Å². The van der Waals surface area contributed by atoms with E-state index in [4.69, 9.17) is 10.8 Å². The SMILES string of the molecule is NC(=O)NC(CO)C1CC1. The van der Waals surface area contributed by atoms with Crippen molar-refractivity contribution in [3.05, 3.63) is 0 Å². The first-order chi connectivity index (χ1) is 4.74. The van der Waals surface area contributed by atoms with Crippen molar-refractivity contribution in [2.45, 2.75) is 18.9 Å². The summed E-state index contributed by atoms with van der Waals surface area (Å²) in [5, 5.41) is 11.2. The number of aliphatic hydroxyl groups is 1. The van der Waals surface area contributed by atoms with Crippen molar-refractivity contribution in [3.63, 3.8) is 0 Å². The van der Waals surface area contributed by atoms with Crippen LogP contribution >= 0.6 is 0 Å². The third-order valence-corrected chi connectivity index (χ3v) is 1.72. The molecule has 0 spiro atoms. The van der Waals surface area contributed by atoms with E-state index in [2.05, 4.69) is 5.32 Å². The average Bonchev–Trinajstić information content (AvgIpc) is 2.63. The van der Waals surface area contributed by atoms with Crippen LogP contribution in [-0.2, 0) is 0 Å². The highest BCUT2D eigenvalue weighted by Crippen LogP contribution is 2.32. The molecule has 1 fully saturated rings. The van der Waals surface area contributed by atoms with Crippen LogP contribution in [0.15, 0.2) is 0 Å². The number of carbonyl (C=O) groups is 1. The molecule has 4 heteroatoms. The summed E-state index contributed by atoms with van der Waals surface area (Å²) in [6, 6.07) is -0.663. The largest absolute Gasteiger partial charge is 0.394 e.